The van der Waals surface area contributed by atoms with Gasteiger partial charge in [0, 0.05) is 5.33 Å². The van der Waals surface area contributed by atoms with Gasteiger partial charge in [0.25, 0.3) is 0 Å². The molecule has 0 aliphatic rings. The normalized spacial score (nSPS) is 10.1. The first-order valence-corrected chi connectivity index (χ1v) is 5.04. The van der Waals surface area contributed by atoms with Crippen LogP contribution in [0.4, 0.5) is 0 Å². The lowest BCUT2D eigenvalue weighted by Gasteiger charge is -2.03. The third kappa shape index (κ3) is 2.06. The highest BCUT2D eigenvalue weighted by Gasteiger charge is 1.96. The molecule has 1 rings (SSSR count). The maximum Gasteiger partial charge on any atom is 0.0285 e. The summed E-state index contributed by atoms with van der Waals surface area (Å²) in [5.74, 6) is 0. The van der Waals surface area contributed by atoms with Crippen molar-refractivity contribution >= 4 is 15.9 Å². The van der Waals surface area contributed by atoms with Crippen LogP contribution in [0.3, 0.4) is 0 Å². The number of benzene rings is 1. The lowest BCUT2D eigenvalue weighted by Crippen LogP contribution is -1.87. The first kappa shape index (κ1) is 8.79. The van der Waals surface area contributed by atoms with Crippen molar-refractivity contribution in [1.29, 1.82) is 0 Å². The summed E-state index contributed by atoms with van der Waals surface area (Å²) in [6.45, 7) is 4.33. The van der Waals surface area contributed by atoms with Crippen molar-refractivity contribution in [3.8, 4) is 0 Å². The van der Waals surface area contributed by atoms with Crippen LogP contribution < -0.4 is 0 Å². The Morgan fingerprint density at radius 3 is 2.64 bits per heavy atom. The summed E-state index contributed by atoms with van der Waals surface area (Å²) < 4.78 is 0. The molecule has 0 heterocycles. The van der Waals surface area contributed by atoms with Crippen LogP contribution in [0.5, 0.6) is 0 Å². The minimum Gasteiger partial charge on any atom is -0.0876 e. The number of hydrogen-bond acceptors (Lipinski definition) is 0. The maximum absolute atomic E-state index is 3.47. The number of halogens is 1. The van der Waals surface area contributed by atoms with Crippen molar-refractivity contribution < 1.29 is 0 Å². The second-order valence-corrected chi connectivity index (χ2v) is 3.31. The van der Waals surface area contributed by atoms with Crippen LogP contribution in [0.2, 0.25) is 0 Å². The van der Waals surface area contributed by atoms with Gasteiger partial charge in [-0.3, -0.25) is 0 Å². The van der Waals surface area contributed by atoms with Crippen molar-refractivity contribution in [3.63, 3.8) is 0 Å². The summed E-state index contributed by atoms with van der Waals surface area (Å²) >= 11 is 3.47. The van der Waals surface area contributed by atoms with Crippen molar-refractivity contribution in [1.82, 2.24) is 0 Å². The quantitative estimate of drug-likeness (QED) is 0.660. The van der Waals surface area contributed by atoms with Gasteiger partial charge in [-0.25, -0.2) is 0 Å². The molecule has 0 radical (unpaired) electrons. The molecule has 11 heavy (non-hydrogen) atoms. The molecule has 0 N–H and O–H groups in total. The van der Waals surface area contributed by atoms with Gasteiger partial charge >= 0.3 is 0 Å². The van der Waals surface area contributed by atoms with E-state index in [2.05, 4.69) is 48.0 Å². The molecule has 60 valence electrons. The van der Waals surface area contributed by atoms with Crippen LogP contribution in [0.25, 0.3) is 0 Å². The van der Waals surface area contributed by atoms with Gasteiger partial charge in [0.15, 0.2) is 0 Å². The lowest BCUT2D eigenvalue weighted by molar-refractivity contribution is 1.12. The Labute approximate surface area is 76.8 Å². The minimum absolute atomic E-state index is 0.965. The molecule has 0 aromatic heterocycles. The Morgan fingerprint density at radius 2 is 2.09 bits per heavy atom. The van der Waals surface area contributed by atoms with E-state index < -0.39 is 0 Å². The average Bonchev–Trinajstić information content (AvgIpc) is 2.05. The van der Waals surface area contributed by atoms with E-state index in [1.54, 1.807) is 0 Å². The van der Waals surface area contributed by atoms with Crippen LogP contribution in [-0.2, 0) is 11.8 Å². The van der Waals surface area contributed by atoms with Crippen molar-refractivity contribution in [2.45, 2.75) is 25.6 Å². The van der Waals surface area contributed by atoms with E-state index >= 15 is 0 Å². The van der Waals surface area contributed by atoms with Gasteiger partial charge < -0.3 is 0 Å². The largest absolute Gasteiger partial charge is 0.0876 e. The van der Waals surface area contributed by atoms with Gasteiger partial charge in [0.2, 0.25) is 0 Å². The Bertz CT molecular complexity index is 241. The summed E-state index contributed by atoms with van der Waals surface area (Å²) in [7, 11) is 0. The van der Waals surface area contributed by atoms with E-state index in [1.807, 2.05) is 0 Å². The maximum atomic E-state index is 3.47. The molecule has 0 aliphatic carbocycles. The van der Waals surface area contributed by atoms with Crippen molar-refractivity contribution in [2.75, 3.05) is 0 Å². The molecule has 0 aliphatic heterocycles. The number of aryl methyl sites for hydroxylation is 2. The number of hydrogen-bond donors (Lipinski definition) is 0. The van der Waals surface area contributed by atoms with E-state index in [1.165, 1.54) is 16.7 Å². The van der Waals surface area contributed by atoms with Gasteiger partial charge in [-0.1, -0.05) is 41.1 Å². The lowest BCUT2D eigenvalue weighted by atomic mass is 10.1. The van der Waals surface area contributed by atoms with Gasteiger partial charge in [0.05, 0.1) is 0 Å². The van der Waals surface area contributed by atoms with Gasteiger partial charge in [-0.05, 0) is 30.0 Å². The zero-order valence-corrected chi connectivity index (χ0v) is 8.61. The molecule has 0 fully saturated rings. The van der Waals surface area contributed by atoms with Crippen molar-refractivity contribution in [3.05, 3.63) is 34.9 Å². The third-order valence-electron chi connectivity index (χ3n) is 1.97. The van der Waals surface area contributed by atoms with Gasteiger partial charge in [-0.2, -0.15) is 0 Å². The fourth-order valence-corrected chi connectivity index (χ4v) is 1.69. The highest BCUT2D eigenvalue weighted by molar-refractivity contribution is 9.08. The second kappa shape index (κ2) is 3.91. The predicted octanol–water partition coefficient (Wildman–Crippen LogP) is 3.45. The Morgan fingerprint density at radius 1 is 1.36 bits per heavy atom. The molecule has 0 saturated carbocycles. The summed E-state index contributed by atoms with van der Waals surface area (Å²) in [6, 6.07) is 6.65. The topological polar surface area (TPSA) is 0 Å². The van der Waals surface area contributed by atoms with Crippen LogP contribution in [0.1, 0.15) is 23.6 Å². The SMILES string of the molecule is CCc1ccc(C)c(CBr)c1. The van der Waals surface area contributed by atoms with E-state index in [0.29, 0.717) is 0 Å². The molecule has 1 aromatic carbocycles. The molecule has 1 aromatic rings. The zero-order valence-electron chi connectivity index (χ0n) is 7.02. The van der Waals surface area contributed by atoms with Crippen LogP contribution in [0.15, 0.2) is 18.2 Å². The monoisotopic (exact) mass is 212 g/mol. The average molecular weight is 213 g/mol. The molecule has 0 unspecified atom stereocenters. The Balaban J connectivity index is 3.02. The first-order chi connectivity index (χ1) is 5.27. The summed E-state index contributed by atoms with van der Waals surface area (Å²) in [6.07, 6.45) is 1.13. The first-order valence-electron chi connectivity index (χ1n) is 3.92. The Kier molecular flexibility index (Phi) is 3.13. The van der Waals surface area contributed by atoms with Crippen LogP contribution >= 0.6 is 15.9 Å². The van der Waals surface area contributed by atoms with E-state index in [-0.39, 0.29) is 0 Å². The molecule has 0 nitrogen and oxygen atoms in total. The van der Waals surface area contributed by atoms with Crippen LogP contribution in [0, 0.1) is 6.92 Å². The molecule has 1 heteroatoms. The van der Waals surface area contributed by atoms with E-state index in [0.717, 1.165) is 11.8 Å². The summed E-state index contributed by atoms with van der Waals surface area (Å²) in [5.41, 5.74) is 4.20. The fourth-order valence-electron chi connectivity index (χ4n) is 1.09. The Hall–Kier alpha value is -0.300. The standard InChI is InChI=1S/C10H13Br/c1-3-9-5-4-8(2)10(6-9)7-11/h4-6H,3,7H2,1-2H3. The molecular weight excluding hydrogens is 200 g/mol. The van der Waals surface area contributed by atoms with Gasteiger partial charge in [-0.15, -0.1) is 0 Å². The van der Waals surface area contributed by atoms with E-state index in [9.17, 15) is 0 Å². The third-order valence-corrected chi connectivity index (χ3v) is 2.57. The predicted molar refractivity (Wildman–Crippen MR) is 53.2 cm³/mol. The molecular formula is C10H13Br. The highest BCUT2D eigenvalue weighted by atomic mass is 79.9. The second-order valence-electron chi connectivity index (χ2n) is 2.75. The highest BCUT2D eigenvalue weighted by Crippen LogP contribution is 2.14. The molecule has 0 spiro atoms. The number of rotatable bonds is 2. The molecule has 0 atom stereocenters. The van der Waals surface area contributed by atoms with Crippen LogP contribution in [-0.4, -0.2) is 0 Å². The number of alkyl halides is 1. The summed E-state index contributed by atoms with van der Waals surface area (Å²) in [5, 5.41) is 0.965. The van der Waals surface area contributed by atoms with Gasteiger partial charge in [0.1, 0.15) is 0 Å². The van der Waals surface area contributed by atoms with E-state index in [4.69, 9.17) is 0 Å². The summed E-state index contributed by atoms with van der Waals surface area (Å²) in [4.78, 5) is 0. The smallest absolute Gasteiger partial charge is 0.0285 e. The zero-order chi connectivity index (χ0) is 8.27. The van der Waals surface area contributed by atoms with Crippen molar-refractivity contribution in [2.24, 2.45) is 0 Å². The minimum atomic E-state index is 0.965. The molecule has 0 bridgehead atoms. The molecule has 0 amide bonds. The molecule has 0 saturated heterocycles. The fraction of sp³-hybridized carbons (Fsp3) is 0.400.